The van der Waals surface area contributed by atoms with E-state index in [1.807, 2.05) is 6.92 Å². The zero-order valence-corrected chi connectivity index (χ0v) is 10.8. The van der Waals surface area contributed by atoms with Crippen LogP contribution in [0.25, 0.3) is 0 Å². The second-order valence-corrected chi connectivity index (χ2v) is 4.21. The fourth-order valence-corrected chi connectivity index (χ4v) is 1.67. The van der Waals surface area contributed by atoms with Gasteiger partial charge in [-0.2, -0.15) is 0 Å². The summed E-state index contributed by atoms with van der Waals surface area (Å²) in [7, 11) is 0. The van der Waals surface area contributed by atoms with E-state index >= 15 is 0 Å². The van der Waals surface area contributed by atoms with Crippen molar-refractivity contribution in [1.29, 1.82) is 0 Å². The van der Waals surface area contributed by atoms with E-state index in [9.17, 15) is 4.39 Å². The molecule has 0 saturated heterocycles. The van der Waals surface area contributed by atoms with Crippen LogP contribution in [0.2, 0.25) is 0 Å². The topological polar surface area (TPSA) is 47.3 Å². The van der Waals surface area contributed by atoms with E-state index in [1.165, 1.54) is 6.07 Å². The molecule has 0 bridgehead atoms. The highest BCUT2D eigenvalue weighted by molar-refractivity contribution is 5.67. The lowest BCUT2D eigenvalue weighted by atomic mass is 10.2. The van der Waals surface area contributed by atoms with Crippen LogP contribution in [0.5, 0.6) is 5.75 Å². The van der Waals surface area contributed by atoms with E-state index in [-0.39, 0.29) is 5.82 Å². The smallest absolute Gasteiger partial charge is 0.146 e. The first-order valence-corrected chi connectivity index (χ1v) is 6.24. The highest BCUT2D eigenvalue weighted by Crippen LogP contribution is 2.28. The number of nitrogens with two attached hydrogens (primary N) is 1. The molecule has 0 saturated carbocycles. The largest absolute Gasteiger partial charge is 0.491 e. The molecule has 0 aliphatic carbocycles. The molecule has 3 N–H and O–H groups in total. The van der Waals surface area contributed by atoms with Gasteiger partial charge in [0, 0.05) is 11.8 Å². The highest BCUT2D eigenvalue weighted by atomic mass is 19.1. The molecule has 2 aromatic rings. The Morgan fingerprint density at radius 1 is 1.21 bits per heavy atom. The molecule has 3 nitrogen and oxygen atoms in total. The SMILES string of the molecule is CCCOc1cc(Nc2ccccc2F)ccc1N. The third-order valence-electron chi connectivity index (χ3n) is 2.63. The minimum Gasteiger partial charge on any atom is -0.491 e. The number of rotatable bonds is 5. The van der Waals surface area contributed by atoms with Gasteiger partial charge in [-0.3, -0.25) is 0 Å². The summed E-state index contributed by atoms with van der Waals surface area (Å²) in [5.74, 6) is 0.318. The van der Waals surface area contributed by atoms with E-state index in [1.54, 1.807) is 36.4 Å². The van der Waals surface area contributed by atoms with E-state index < -0.39 is 0 Å². The first kappa shape index (κ1) is 13.2. The maximum absolute atomic E-state index is 13.5. The molecule has 0 radical (unpaired) electrons. The predicted octanol–water partition coefficient (Wildman–Crippen LogP) is 3.94. The summed E-state index contributed by atoms with van der Waals surface area (Å²) >= 11 is 0. The van der Waals surface area contributed by atoms with Gasteiger partial charge in [-0.15, -0.1) is 0 Å². The van der Waals surface area contributed by atoms with E-state index in [2.05, 4.69) is 5.32 Å². The number of ether oxygens (including phenoxy) is 1. The van der Waals surface area contributed by atoms with Crippen molar-refractivity contribution in [2.45, 2.75) is 13.3 Å². The molecule has 4 heteroatoms. The normalized spacial score (nSPS) is 10.2. The molecule has 0 atom stereocenters. The second kappa shape index (κ2) is 6.09. The van der Waals surface area contributed by atoms with Gasteiger partial charge in [0.1, 0.15) is 11.6 Å². The summed E-state index contributed by atoms with van der Waals surface area (Å²) in [6, 6.07) is 11.8. The molecule has 0 unspecified atom stereocenters. The van der Waals surface area contributed by atoms with Crippen LogP contribution >= 0.6 is 0 Å². The van der Waals surface area contributed by atoms with Gasteiger partial charge in [0.25, 0.3) is 0 Å². The minimum absolute atomic E-state index is 0.296. The second-order valence-electron chi connectivity index (χ2n) is 4.21. The lowest BCUT2D eigenvalue weighted by Gasteiger charge is -2.12. The maximum Gasteiger partial charge on any atom is 0.146 e. The van der Waals surface area contributed by atoms with Gasteiger partial charge in [0.05, 0.1) is 18.0 Å². The summed E-state index contributed by atoms with van der Waals surface area (Å²) in [5, 5.41) is 3.01. The van der Waals surface area contributed by atoms with Crippen LogP contribution in [-0.2, 0) is 0 Å². The molecular formula is C15H17FN2O. The Morgan fingerprint density at radius 2 is 2.00 bits per heavy atom. The quantitative estimate of drug-likeness (QED) is 0.800. The van der Waals surface area contributed by atoms with Crippen LogP contribution in [0.1, 0.15) is 13.3 Å². The molecule has 100 valence electrons. The Morgan fingerprint density at radius 3 is 2.74 bits per heavy atom. The van der Waals surface area contributed by atoms with Crippen molar-refractivity contribution in [3.05, 3.63) is 48.3 Å². The molecule has 0 heterocycles. The molecule has 0 aliphatic heterocycles. The van der Waals surface area contributed by atoms with Gasteiger partial charge in [-0.1, -0.05) is 19.1 Å². The van der Waals surface area contributed by atoms with Crippen LogP contribution < -0.4 is 15.8 Å². The minimum atomic E-state index is -0.296. The van der Waals surface area contributed by atoms with Crippen molar-refractivity contribution < 1.29 is 9.13 Å². The zero-order chi connectivity index (χ0) is 13.7. The van der Waals surface area contributed by atoms with Crippen LogP contribution in [0, 0.1) is 5.82 Å². The van der Waals surface area contributed by atoms with E-state index in [0.717, 1.165) is 12.1 Å². The fourth-order valence-electron chi connectivity index (χ4n) is 1.67. The number of anilines is 3. The number of hydrogen-bond acceptors (Lipinski definition) is 3. The number of halogens is 1. The number of nitrogens with one attached hydrogen (secondary N) is 1. The Balaban J connectivity index is 2.19. The maximum atomic E-state index is 13.5. The average Bonchev–Trinajstić information content (AvgIpc) is 2.42. The molecule has 0 fully saturated rings. The van der Waals surface area contributed by atoms with Crippen LogP contribution in [0.15, 0.2) is 42.5 Å². The Bertz CT molecular complexity index is 558. The van der Waals surface area contributed by atoms with Crippen LogP contribution in [0.3, 0.4) is 0 Å². The molecule has 0 aliphatic rings. The molecule has 2 rings (SSSR count). The fraction of sp³-hybridized carbons (Fsp3) is 0.200. The third-order valence-corrected chi connectivity index (χ3v) is 2.63. The summed E-state index contributed by atoms with van der Waals surface area (Å²) in [4.78, 5) is 0. The van der Waals surface area contributed by atoms with Crippen molar-refractivity contribution in [3.8, 4) is 5.75 Å². The van der Waals surface area contributed by atoms with Crippen molar-refractivity contribution >= 4 is 17.1 Å². The summed E-state index contributed by atoms with van der Waals surface area (Å²) in [6.45, 7) is 2.63. The number of hydrogen-bond donors (Lipinski definition) is 2. The predicted molar refractivity (Wildman–Crippen MR) is 76.3 cm³/mol. The van der Waals surface area contributed by atoms with Gasteiger partial charge in [-0.25, -0.2) is 4.39 Å². The van der Waals surface area contributed by atoms with Crippen molar-refractivity contribution in [1.82, 2.24) is 0 Å². The lowest BCUT2D eigenvalue weighted by Crippen LogP contribution is -2.00. The van der Waals surface area contributed by atoms with Gasteiger partial charge >= 0.3 is 0 Å². The van der Waals surface area contributed by atoms with E-state index in [4.69, 9.17) is 10.5 Å². The molecular weight excluding hydrogens is 243 g/mol. The van der Waals surface area contributed by atoms with Gasteiger partial charge in [0.2, 0.25) is 0 Å². The monoisotopic (exact) mass is 260 g/mol. The first-order chi connectivity index (χ1) is 9.20. The Labute approximate surface area is 112 Å². The van der Waals surface area contributed by atoms with Crippen molar-refractivity contribution in [2.75, 3.05) is 17.7 Å². The highest BCUT2D eigenvalue weighted by Gasteiger charge is 2.05. The Kier molecular flexibility index (Phi) is 4.23. The van der Waals surface area contributed by atoms with Crippen LogP contribution in [-0.4, -0.2) is 6.61 Å². The van der Waals surface area contributed by atoms with Crippen LogP contribution in [0.4, 0.5) is 21.5 Å². The zero-order valence-electron chi connectivity index (χ0n) is 10.8. The molecule has 0 spiro atoms. The summed E-state index contributed by atoms with van der Waals surface area (Å²) in [6.07, 6.45) is 0.907. The third kappa shape index (κ3) is 3.37. The summed E-state index contributed by atoms with van der Waals surface area (Å²) < 4.78 is 19.1. The average molecular weight is 260 g/mol. The van der Waals surface area contributed by atoms with Gasteiger partial charge in [-0.05, 0) is 30.7 Å². The Hall–Kier alpha value is -2.23. The van der Waals surface area contributed by atoms with Crippen molar-refractivity contribution in [2.24, 2.45) is 0 Å². The van der Waals surface area contributed by atoms with E-state index in [0.29, 0.717) is 23.7 Å². The number of para-hydroxylation sites is 1. The molecule has 2 aromatic carbocycles. The number of nitrogen functional groups attached to an aromatic ring is 1. The number of benzene rings is 2. The molecule has 0 amide bonds. The molecule has 0 aromatic heterocycles. The standard InChI is InChI=1S/C15H17FN2O/c1-2-9-19-15-10-11(7-8-13(15)17)18-14-6-4-3-5-12(14)16/h3-8,10,18H,2,9,17H2,1H3. The van der Waals surface area contributed by atoms with Gasteiger partial charge < -0.3 is 15.8 Å². The lowest BCUT2D eigenvalue weighted by molar-refractivity contribution is 0.319. The first-order valence-electron chi connectivity index (χ1n) is 6.24. The summed E-state index contributed by atoms with van der Waals surface area (Å²) in [5.41, 5.74) is 7.57. The van der Waals surface area contributed by atoms with Gasteiger partial charge in [0.15, 0.2) is 0 Å². The molecule has 19 heavy (non-hydrogen) atoms. The van der Waals surface area contributed by atoms with Crippen molar-refractivity contribution in [3.63, 3.8) is 0 Å².